The first kappa shape index (κ1) is 23.6. The van der Waals surface area contributed by atoms with Crippen molar-refractivity contribution in [1.29, 1.82) is 0 Å². The third kappa shape index (κ3) is 4.72. The molecule has 4 rings (SSSR count). The molecule has 1 atom stereocenters. The fourth-order valence-electron chi connectivity index (χ4n) is 3.54. The molecule has 0 saturated heterocycles. The number of pyridine rings is 1. The number of anilines is 1. The molecular formula is C23H17ClF4N4O2. The Morgan fingerprint density at radius 1 is 1.21 bits per heavy atom. The lowest BCUT2D eigenvalue weighted by Gasteiger charge is -2.13. The predicted octanol–water partition coefficient (Wildman–Crippen LogP) is 5.58. The number of carbonyl (C=O) groups is 1. The van der Waals surface area contributed by atoms with Crippen molar-refractivity contribution >= 4 is 28.2 Å². The second-order valence-electron chi connectivity index (χ2n) is 7.60. The van der Waals surface area contributed by atoms with Crippen LogP contribution in [-0.4, -0.2) is 28.0 Å². The first-order valence-corrected chi connectivity index (χ1v) is 10.4. The molecule has 11 heteroatoms. The Labute approximate surface area is 196 Å². The van der Waals surface area contributed by atoms with Gasteiger partial charge in [-0.1, -0.05) is 36.7 Å². The zero-order chi connectivity index (χ0) is 24.6. The summed E-state index contributed by atoms with van der Waals surface area (Å²) in [5, 5.41) is 2.78. The molecule has 3 aromatic rings. The summed E-state index contributed by atoms with van der Waals surface area (Å²) in [6, 6.07) is 4.91. The van der Waals surface area contributed by atoms with Gasteiger partial charge in [0.25, 0.3) is 0 Å². The van der Waals surface area contributed by atoms with Crippen LogP contribution in [0.5, 0.6) is 5.88 Å². The molecule has 1 aromatic carbocycles. The average Bonchev–Trinajstić information content (AvgIpc) is 3.07. The predicted molar refractivity (Wildman–Crippen MR) is 118 cm³/mol. The quantitative estimate of drug-likeness (QED) is 0.470. The zero-order valence-corrected chi connectivity index (χ0v) is 18.6. The molecule has 2 heterocycles. The summed E-state index contributed by atoms with van der Waals surface area (Å²) in [6.07, 6.45) is -0.748. The molecule has 0 fully saturated rings. The van der Waals surface area contributed by atoms with Crippen LogP contribution in [0, 0.1) is 5.82 Å². The Hall–Kier alpha value is -3.53. The molecule has 0 radical (unpaired) electrons. The topological polar surface area (TPSA) is 77.0 Å². The van der Waals surface area contributed by atoms with Crippen LogP contribution in [0.15, 0.2) is 42.7 Å². The van der Waals surface area contributed by atoms with Gasteiger partial charge < -0.3 is 10.1 Å². The summed E-state index contributed by atoms with van der Waals surface area (Å²) in [5.41, 5.74) is 0.866. The molecule has 1 N–H and O–H groups in total. The number of carbonyl (C=O) groups excluding carboxylic acids is 1. The van der Waals surface area contributed by atoms with Crippen molar-refractivity contribution in [2.75, 3.05) is 12.4 Å². The summed E-state index contributed by atoms with van der Waals surface area (Å²) >= 11 is 6.20. The summed E-state index contributed by atoms with van der Waals surface area (Å²) in [6.45, 7) is 1.94. The van der Waals surface area contributed by atoms with Crippen LogP contribution < -0.4 is 10.1 Å². The molecule has 1 unspecified atom stereocenters. The van der Waals surface area contributed by atoms with Gasteiger partial charge in [-0.2, -0.15) is 13.2 Å². The molecule has 1 amide bonds. The second kappa shape index (κ2) is 9.02. The number of ether oxygens (including phenoxy) is 1. The summed E-state index contributed by atoms with van der Waals surface area (Å²) in [4.78, 5) is 24.7. The van der Waals surface area contributed by atoms with Crippen molar-refractivity contribution in [2.24, 2.45) is 0 Å². The molecule has 0 spiro atoms. The van der Waals surface area contributed by atoms with Crippen LogP contribution in [0.1, 0.15) is 35.4 Å². The van der Waals surface area contributed by atoms with E-state index in [9.17, 15) is 22.4 Å². The van der Waals surface area contributed by atoms with Crippen LogP contribution in [0.2, 0.25) is 0 Å². The lowest BCUT2D eigenvalue weighted by atomic mass is 10.1. The molecule has 0 saturated carbocycles. The number of fused-ring (bicyclic) bond motifs is 1. The number of benzene rings is 1. The van der Waals surface area contributed by atoms with E-state index < -0.39 is 35.8 Å². The van der Waals surface area contributed by atoms with Gasteiger partial charge >= 0.3 is 6.18 Å². The van der Waals surface area contributed by atoms with E-state index in [0.29, 0.717) is 28.0 Å². The van der Waals surface area contributed by atoms with E-state index in [0.717, 1.165) is 19.0 Å². The van der Waals surface area contributed by atoms with Crippen LogP contribution in [0.25, 0.3) is 16.3 Å². The minimum atomic E-state index is -4.72. The van der Waals surface area contributed by atoms with Gasteiger partial charge in [0.05, 0.1) is 48.0 Å². The van der Waals surface area contributed by atoms with Crippen LogP contribution in [0.4, 0.5) is 23.2 Å². The van der Waals surface area contributed by atoms with Gasteiger partial charge in [0.1, 0.15) is 17.1 Å². The monoisotopic (exact) mass is 492 g/mol. The van der Waals surface area contributed by atoms with E-state index in [1.165, 1.54) is 18.3 Å². The molecule has 34 heavy (non-hydrogen) atoms. The van der Waals surface area contributed by atoms with Crippen LogP contribution >= 0.6 is 11.6 Å². The summed E-state index contributed by atoms with van der Waals surface area (Å²) in [7, 11) is 1.06. The van der Waals surface area contributed by atoms with Crippen LogP contribution in [-0.2, 0) is 17.4 Å². The van der Waals surface area contributed by atoms with Gasteiger partial charge in [-0.3, -0.25) is 9.78 Å². The fraction of sp³-hybridized carbons (Fsp3) is 0.217. The third-order valence-corrected chi connectivity index (χ3v) is 5.49. The van der Waals surface area contributed by atoms with Crippen molar-refractivity contribution in [3.63, 3.8) is 0 Å². The van der Waals surface area contributed by atoms with Crippen molar-refractivity contribution < 1.29 is 27.1 Å². The number of alkyl halides is 3. The average molecular weight is 493 g/mol. The Bertz CT molecular complexity index is 1310. The van der Waals surface area contributed by atoms with Crippen molar-refractivity contribution in [3.05, 3.63) is 71.1 Å². The normalized spacial score (nSPS) is 15.0. The van der Waals surface area contributed by atoms with E-state index >= 15 is 0 Å². The Morgan fingerprint density at radius 2 is 1.97 bits per heavy atom. The van der Waals surface area contributed by atoms with Crippen molar-refractivity contribution in [3.8, 4) is 17.1 Å². The van der Waals surface area contributed by atoms with Gasteiger partial charge in [0, 0.05) is 11.5 Å². The molecule has 1 aliphatic rings. The number of halogens is 5. The van der Waals surface area contributed by atoms with Gasteiger partial charge in [0.15, 0.2) is 0 Å². The lowest BCUT2D eigenvalue weighted by Crippen LogP contribution is -2.17. The molecule has 6 nitrogen and oxygen atoms in total. The number of amides is 1. The number of hydrogen-bond acceptors (Lipinski definition) is 5. The smallest absolute Gasteiger partial charge is 0.421 e. The lowest BCUT2D eigenvalue weighted by molar-refractivity contribution is -0.139. The van der Waals surface area contributed by atoms with Gasteiger partial charge in [-0.15, -0.1) is 0 Å². The van der Waals surface area contributed by atoms with E-state index in [1.807, 2.05) is 13.0 Å². The fourth-order valence-corrected chi connectivity index (χ4v) is 3.87. The minimum Gasteiger partial charge on any atom is -0.481 e. The molecule has 2 aromatic heterocycles. The van der Waals surface area contributed by atoms with Gasteiger partial charge in [0.2, 0.25) is 11.8 Å². The summed E-state index contributed by atoms with van der Waals surface area (Å²) < 4.78 is 58.8. The largest absolute Gasteiger partial charge is 0.481 e. The van der Waals surface area contributed by atoms with Crippen LogP contribution in [0.3, 0.4) is 0 Å². The number of rotatable bonds is 5. The summed E-state index contributed by atoms with van der Waals surface area (Å²) in [5.74, 6) is -1.97. The number of aromatic nitrogens is 3. The SMILES string of the molecule is COc1ncc(NC(=O)Cc2ccc(-c3cnc4c(n3)C(Cl)=CC4C)cc2F)cc1C(F)(F)F. The highest BCUT2D eigenvalue weighted by Gasteiger charge is 2.35. The zero-order valence-electron chi connectivity index (χ0n) is 17.9. The van der Waals surface area contributed by atoms with Crippen molar-refractivity contribution in [1.82, 2.24) is 15.0 Å². The standard InChI is InChI=1S/C23H17ClF4N4O2/c1-11-5-16(24)21-20(11)29-10-18(32-21)13-4-3-12(17(25)6-13)7-19(33)31-14-8-15(23(26,27)28)22(34-2)30-9-14/h3-6,8-11H,7H2,1-2H3,(H,31,33). The number of methoxy groups -OCH3 is 1. The number of nitrogens with one attached hydrogen (secondary N) is 1. The molecule has 176 valence electrons. The molecule has 0 aliphatic heterocycles. The molecule has 1 aliphatic carbocycles. The minimum absolute atomic E-state index is 0.0368. The second-order valence-corrected chi connectivity index (χ2v) is 8.01. The number of allylic oxidation sites excluding steroid dienone is 1. The van der Waals surface area contributed by atoms with E-state index in [2.05, 4.69) is 25.0 Å². The molecule has 0 bridgehead atoms. The number of nitrogens with zero attached hydrogens (tertiary/aromatic N) is 3. The van der Waals surface area contributed by atoms with Gasteiger partial charge in [-0.05, 0) is 17.7 Å². The van der Waals surface area contributed by atoms with E-state index in [4.69, 9.17) is 11.6 Å². The Morgan fingerprint density at radius 3 is 2.65 bits per heavy atom. The highest BCUT2D eigenvalue weighted by atomic mass is 35.5. The van der Waals surface area contributed by atoms with Gasteiger partial charge in [-0.25, -0.2) is 14.4 Å². The van der Waals surface area contributed by atoms with E-state index in [-0.39, 0.29) is 17.2 Å². The highest BCUT2D eigenvalue weighted by Crippen LogP contribution is 2.37. The Balaban J connectivity index is 1.50. The third-order valence-electron chi connectivity index (χ3n) is 5.19. The maximum Gasteiger partial charge on any atom is 0.421 e. The van der Waals surface area contributed by atoms with E-state index in [1.54, 1.807) is 6.07 Å². The number of hydrogen-bond donors (Lipinski definition) is 1. The first-order valence-electron chi connectivity index (χ1n) is 10.0. The maximum atomic E-state index is 14.7. The molecular weight excluding hydrogens is 476 g/mol. The maximum absolute atomic E-state index is 14.7. The Kier molecular flexibility index (Phi) is 6.26. The first-order chi connectivity index (χ1) is 16.1. The van der Waals surface area contributed by atoms with Crippen molar-refractivity contribution in [2.45, 2.75) is 25.4 Å². The highest BCUT2D eigenvalue weighted by molar-refractivity contribution is 6.49.